The highest BCUT2D eigenvalue weighted by Crippen LogP contribution is 2.36. The molecule has 0 aliphatic heterocycles. The predicted octanol–water partition coefficient (Wildman–Crippen LogP) is 4.20. The Labute approximate surface area is 156 Å². The van der Waals surface area contributed by atoms with Crippen LogP contribution in [-0.4, -0.2) is 15.9 Å². The standard InChI is InChI=1S/C21H19FN4O/c1-13-5-3-6-15(14(13)2)20(18-11-24-12-25-18)16-7-4-8-17(21(16)22)26-19(27)9-10-23/h3-8,11-12,20H,9H2,1-2H3,(H,24,25)(H,26,27). The van der Waals surface area contributed by atoms with Crippen LogP contribution in [0.4, 0.5) is 10.1 Å². The van der Waals surface area contributed by atoms with Crippen LogP contribution in [0.15, 0.2) is 48.9 Å². The minimum absolute atomic E-state index is 0.0579. The molecule has 6 heteroatoms. The smallest absolute Gasteiger partial charge is 0.238 e. The maximum Gasteiger partial charge on any atom is 0.238 e. The van der Waals surface area contributed by atoms with Crippen LogP contribution >= 0.6 is 0 Å². The molecule has 27 heavy (non-hydrogen) atoms. The first-order chi connectivity index (χ1) is 13.0. The van der Waals surface area contributed by atoms with E-state index >= 15 is 4.39 Å². The molecule has 3 rings (SSSR count). The number of aryl methyl sites for hydroxylation is 1. The van der Waals surface area contributed by atoms with Crippen molar-refractivity contribution in [3.8, 4) is 6.07 Å². The molecule has 2 N–H and O–H groups in total. The maximum absolute atomic E-state index is 15.3. The van der Waals surface area contributed by atoms with Crippen LogP contribution in [0.25, 0.3) is 0 Å². The van der Waals surface area contributed by atoms with Gasteiger partial charge in [-0.25, -0.2) is 9.37 Å². The third kappa shape index (κ3) is 3.72. The lowest BCUT2D eigenvalue weighted by molar-refractivity contribution is -0.115. The molecule has 0 spiro atoms. The van der Waals surface area contributed by atoms with Crippen molar-refractivity contribution in [1.82, 2.24) is 9.97 Å². The fourth-order valence-electron chi connectivity index (χ4n) is 3.15. The van der Waals surface area contributed by atoms with Crippen molar-refractivity contribution in [2.75, 3.05) is 5.32 Å². The minimum atomic E-state index is -0.543. The molecule has 1 atom stereocenters. The van der Waals surface area contributed by atoms with E-state index in [0.717, 1.165) is 22.4 Å². The summed E-state index contributed by atoms with van der Waals surface area (Å²) in [5, 5.41) is 11.1. The van der Waals surface area contributed by atoms with Gasteiger partial charge in [0.15, 0.2) is 5.82 Å². The van der Waals surface area contributed by atoms with Crippen molar-refractivity contribution in [2.45, 2.75) is 26.2 Å². The molecule has 0 bridgehead atoms. The Kier molecular flexibility index (Phi) is 5.32. The number of carbonyl (C=O) groups excluding carboxylic acids is 1. The summed E-state index contributed by atoms with van der Waals surface area (Å²) < 4.78 is 15.3. The number of nitrogens with one attached hydrogen (secondary N) is 2. The Balaban J connectivity index is 2.13. The third-order valence-electron chi connectivity index (χ3n) is 4.64. The van der Waals surface area contributed by atoms with Gasteiger partial charge in [-0.2, -0.15) is 5.26 Å². The quantitative estimate of drug-likeness (QED) is 0.714. The topological polar surface area (TPSA) is 81.6 Å². The number of anilines is 1. The number of aromatic nitrogens is 2. The highest BCUT2D eigenvalue weighted by atomic mass is 19.1. The van der Waals surface area contributed by atoms with E-state index in [9.17, 15) is 4.79 Å². The van der Waals surface area contributed by atoms with Crippen LogP contribution in [0.5, 0.6) is 0 Å². The molecule has 0 aliphatic carbocycles. The molecule has 136 valence electrons. The zero-order chi connectivity index (χ0) is 19.4. The van der Waals surface area contributed by atoms with E-state index < -0.39 is 17.6 Å². The average Bonchev–Trinajstić information content (AvgIpc) is 3.16. The molecule has 0 saturated carbocycles. The van der Waals surface area contributed by atoms with E-state index in [1.807, 2.05) is 32.0 Å². The SMILES string of the molecule is Cc1cccc(C(c2cnc[nH]2)c2cccc(NC(=O)CC#N)c2F)c1C. The molecule has 1 aromatic heterocycles. The van der Waals surface area contributed by atoms with Gasteiger partial charge < -0.3 is 10.3 Å². The van der Waals surface area contributed by atoms with Gasteiger partial charge in [-0.15, -0.1) is 0 Å². The summed E-state index contributed by atoms with van der Waals surface area (Å²) in [6, 6.07) is 12.6. The Morgan fingerprint density at radius 3 is 2.70 bits per heavy atom. The van der Waals surface area contributed by atoms with Crippen molar-refractivity contribution >= 4 is 11.6 Å². The second-order valence-corrected chi connectivity index (χ2v) is 6.32. The van der Waals surface area contributed by atoms with Gasteiger partial charge in [-0.3, -0.25) is 4.79 Å². The maximum atomic E-state index is 15.3. The van der Waals surface area contributed by atoms with Crippen LogP contribution in [-0.2, 0) is 4.79 Å². The van der Waals surface area contributed by atoms with Crippen molar-refractivity contribution < 1.29 is 9.18 Å². The van der Waals surface area contributed by atoms with E-state index in [0.29, 0.717) is 5.56 Å². The summed E-state index contributed by atoms with van der Waals surface area (Å²) in [5.41, 5.74) is 4.36. The summed E-state index contributed by atoms with van der Waals surface area (Å²) in [6.45, 7) is 4.02. The van der Waals surface area contributed by atoms with E-state index in [1.165, 1.54) is 6.07 Å². The first-order valence-electron chi connectivity index (χ1n) is 8.52. The van der Waals surface area contributed by atoms with Crippen molar-refractivity contribution in [1.29, 1.82) is 5.26 Å². The highest BCUT2D eigenvalue weighted by molar-refractivity contribution is 5.92. The molecule has 0 fully saturated rings. The lowest BCUT2D eigenvalue weighted by Crippen LogP contribution is -2.14. The van der Waals surface area contributed by atoms with Crippen molar-refractivity contribution in [3.05, 3.63) is 82.7 Å². The molecule has 1 unspecified atom stereocenters. The summed E-state index contributed by atoms with van der Waals surface area (Å²) >= 11 is 0. The van der Waals surface area contributed by atoms with Crippen molar-refractivity contribution in [3.63, 3.8) is 0 Å². The van der Waals surface area contributed by atoms with Crippen LogP contribution in [0.1, 0.15) is 40.3 Å². The second kappa shape index (κ2) is 7.83. The normalized spacial score (nSPS) is 11.6. The molecule has 1 heterocycles. The summed E-state index contributed by atoms with van der Waals surface area (Å²) in [5.74, 6) is -1.47. The number of amides is 1. The average molecular weight is 362 g/mol. The molecule has 5 nitrogen and oxygen atoms in total. The molecule has 1 amide bonds. The number of H-pyrrole nitrogens is 1. The van der Waals surface area contributed by atoms with Crippen molar-refractivity contribution in [2.24, 2.45) is 0 Å². The zero-order valence-electron chi connectivity index (χ0n) is 15.1. The molecular formula is C21H19FN4O. The largest absolute Gasteiger partial charge is 0.348 e. The third-order valence-corrected chi connectivity index (χ3v) is 4.64. The number of nitrogens with zero attached hydrogens (tertiary/aromatic N) is 2. The monoisotopic (exact) mass is 362 g/mol. The number of halogens is 1. The lowest BCUT2D eigenvalue weighted by Gasteiger charge is -2.21. The van der Waals surface area contributed by atoms with Crippen LogP contribution in [0.2, 0.25) is 0 Å². The summed E-state index contributed by atoms with van der Waals surface area (Å²) in [6.07, 6.45) is 2.90. The van der Waals surface area contributed by atoms with E-state index in [1.54, 1.807) is 30.7 Å². The Morgan fingerprint density at radius 2 is 2.00 bits per heavy atom. The summed E-state index contributed by atoms with van der Waals surface area (Å²) in [7, 11) is 0. The fraction of sp³-hybridized carbons (Fsp3) is 0.190. The number of hydrogen-bond donors (Lipinski definition) is 2. The van der Waals surface area contributed by atoms with Gasteiger partial charge >= 0.3 is 0 Å². The zero-order valence-corrected chi connectivity index (χ0v) is 15.1. The summed E-state index contributed by atoms with van der Waals surface area (Å²) in [4.78, 5) is 18.9. The number of rotatable bonds is 5. The molecule has 3 aromatic rings. The van der Waals surface area contributed by atoms with Gasteiger partial charge in [0.2, 0.25) is 5.91 Å². The molecule has 2 aromatic carbocycles. The van der Waals surface area contributed by atoms with Gasteiger partial charge in [0.1, 0.15) is 6.42 Å². The van der Waals surface area contributed by atoms with E-state index in [2.05, 4.69) is 15.3 Å². The first kappa shape index (κ1) is 18.3. The first-order valence-corrected chi connectivity index (χ1v) is 8.52. The van der Waals surface area contributed by atoms with Gasteiger partial charge in [-0.05, 0) is 36.6 Å². The number of imidazole rings is 1. The minimum Gasteiger partial charge on any atom is -0.348 e. The Morgan fingerprint density at radius 1 is 1.26 bits per heavy atom. The van der Waals surface area contributed by atoms with Gasteiger partial charge in [0, 0.05) is 17.5 Å². The molecule has 0 aliphatic rings. The predicted molar refractivity (Wildman–Crippen MR) is 101 cm³/mol. The number of nitriles is 1. The van der Waals surface area contributed by atoms with Gasteiger partial charge in [-0.1, -0.05) is 30.3 Å². The highest BCUT2D eigenvalue weighted by Gasteiger charge is 2.25. The molecular weight excluding hydrogens is 343 g/mol. The van der Waals surface area contributed by atoms with Crippen LogP contribution in [0, 0.1) is 31.0 Å². The van der Waals surface area contributed by atoms with E-state index in [-0.39, 0.29) is 12.1 Å². The number of benzene rings is 2. The molecule has 0 radical (unpaired) electrons. The number of aromatic amines is 1. The lowest BCUT2D eigenvalue weighted by atomic mass is 9.84. The fourth-order valence-corrected chi connectivity index (χ4v) is 3.15. The van der Waals surface area contributed by atoms with Gasteiger partial charge in [0.25, 0.3) is 0 Å². The van der Waals surface area contributed by atoms with Crippen LogP contribution < -0.4 is 5.32 Å². The molecule has 0 saturated heterocycles. The Hall–Kier alpha value is -3.46. The number of carbonyl (C=O) groups is 1. The van der Waals surface area contributed by atoms with E-state index in [4.69, 9.17) is 5.26 Å². The van der Waals surface area contributed by atoms with Crippen LogP contribution in [0.3, 0.4) is 0 Å². The number of hydrogen-bond acceptors (Lipinski definition) is 3. The Bertz CT molecular complexity index is 1010. The van der Waals surface area contributed by atoms with Gasteiger partial charge in [0.05, 0.1) is 24.0 Å². The second-order valence-electron chi connectivity index (χ2n) is 6.32.